The van der Waals surface area contributed by atoms with E-state index >= 15 is 0 Å². The summed E-state index contributed by atoms with van der Waals surface area (Å²) >= 11 is 6.08. The molecular formula is C29H32ClNO4. The van der Waals surface area contributed by atoms with Crippen LogP contribution in [-0.2, 0) is 14.3 Å². The van der Waals surface area contributed by atoms with Gasteiger partial charge in [0, 0.05) is 34.0 Å². The number of nitrogens with one attached hydrogen (secondary N) is 1. The largest absolute Gasteiger partial charge is 0.491 e. The molecule has 1 aliphatic carbocycles. The van der Waals surface area contributed by atoms with Crippen molar-refractivity contribution in [2.75, 3.05) is 0 Å². The molecule has 35 heavy (non-hydrogen) atoms. The maximum absolute atomic E-state index is 13.8. The molecule has 0 fully saturated rings. The number of carbonyl (C=O) groups excluding carboxylic acids is 2. The highest BCUT2D eigenvalue weighted by Crippen LogP contribution is 2.48. The molecule has 2 aromatic carbocycles. The number of rotatable bonds is 6. The molecule has 0 amide bonds. The van der Waals surface area contributed by atoms with Crippen molar-refractivity contribution in [3.63, 3.8) is 0 Å². The summed E-state index contributed by atoms with van der Waals surface area (Å²) in [5, 5.41) is 4.06. The molecule has 0 aromatic heterocycles. The first-order valence-electron chi connectivity index (χ1n) is 12.1. The topological polar surface area (TPSA) is 64.6 Å². The third-order valence-electron chi connectivity index (χ3n) is 6.32. The zero-order valence-electron chi connectivity index (χ0n) is 20.9. The SMILES string of the molecule is CC1=C(C(=O)OC(C)C)[C@H](c2ccccc2OC(C)C)C2=C(C[C@H](c3ccc(Cl)cc3)CC2=O)N1. The molecule has 0 saturated heterocycles. The molecule has 2 atom stereocenters. The second kappa shape index (κ2) is 10.3. The Morgan fingerprint density at radius 2 is 1.69 bits per heavy atom. The summed E-state index contributed by atoms with van der Waals surface area (Å²) < 4.78 is 11.7. The van der Waals surface area contributed by atoms with Crippen LogP contribution in [0.4, 0.5) is 0 Å². The molecule has 0 radical (unpaired) electrons. The number of esters is 1. The lowest BCUT2D eigenvalue weighted by molar-refractivity contribution is -0.143. The number of allylic oxidation sites excluding steroid dienone is 3. The molecule has 2 aromatic rings. The zero-order chi connectivity index (χ0) is 25.3. The highest BCUT2D eigenvalue weighted by Gasteiger charge is 2.42. The first kappa shape index (κ1) is 25.1. The maximum Gasteiger partial charge on any atom is 0.337 e. The van der Waals surface area contributed by atoms with Crippen LogP contribution in [0.3, 0.4) is 0 Å². The van der Waals surface area contributed by atoms with Gasteiger partial charge in [-0.25, -0.2) is 4.79 Å². The molecule has 1 aliphatic heterocycles. The summed E-state index contributed by atoms with van der Waals surface area (Å²) in [6.07, 6.45) is 0.685. The van der Waals surface area contributed by atoms with Gasteiger partial charge in [0.2, 0.25) is 0 Å². The first-order chi connectivity index (χ1) is 16.7. The Hall–Kier alpha value is -3.05. The number of ketones is 1. The summed E-state index contributed by atoms with van der Waals surface area (Å²) in [6, 6.07) is 15.3. The molecule has 4 rings (SSSR count). The van der Waals surface area contributed by atoms with Crippen molar-refractivity contribution in [2.24, 2.45) is 0 Å². The average Bonchev–Trinajstić information content (AvgIpc) is 2.78. The van der Waals surface area contributed by atoms with Gasteiger partial charge in [-0.1, -0.05) is 41.9 Å². The molecule has 0 unspecified atom stereocenters. The Morgan fingerprint density at radius 1 is 1.00 bits per heavy atom. The average molecular weight is 494 g/mol. The fourth-order valence-corrected chi connectivity index (χ4v) is 5.08. The lowest BCUT2D eigenvalue weighted by Crippen LogP contribution is -2.36. The zero-order valence-corrected chi connectivity index (χ0v) is 21.6. The second-order valence-electron chi connectivity index (χ2n) is 9.73. The third kappa shape index (κ3) is 5.30. The Labute approximate surface area is 212 Å². The lowest BCUT2D eigenvalue weighted by atomic mass is 9.71. The van der Waals surface area contributed by atoms with Gasteiger partial charge in [0.05, 0.1) is 23.7 Å². The van der Waals surface area contributed by atoms with E-state index in [1.54, 1.807) is 0 Å². The monoisotopic (exact) mass is 493 g/mol. The minimum absolute atomic E-state index is 0.0189. The first-order valence-corrected chi connectivity index (χ1v) is 12.5. The second-order valence-corrected chi connectivity index (χ2v) is 10.2. The fraction of sp³-hybridized carbons (Fsp3) is 0.379. The van der Waals surface area contributed by atoms with Gasteiger partial charge in [-0.15, -0.1) is 0 Å². The third-order valence-corrected chi connectivity index (χ3v) is 6.58. The molecule has 0 saturated carbocycles. The molecule has 1 heterocycles. The van der Waals surface area contributed by atoms with Crippen molar-refractivity contribution in [1.29, 1.82) is 0 Å². The highest BCUT2D eigenvalue weighted by atomic mass is 35.5. The Morgan fingerprint density at radius 3 is 2.34 bits per heavy atom. The lowest BCUT2D eigenvalue weighted by Gasteiger charge is -2.37. The maximum atomic E-state index is 13.8. The minimum Gasteiger partial charge on any atom is -0.491 e. The van der Waals surface area contributed by atoms with E-state index in [2.05, 4.69) is 5.32 Å². The predicted molar refractivity (Wildman–Crippen MR) is 137 cm³/mol. The smallest absolute Gasteiger partial charge is 0.337 e. The standard InChI is InChI=1S/C29H32ClNO4/c1-16(2)34-25-9-7-6-8-22(25)27-26(29(33)35-17(3)4)18(5)31-23-14-20(15-24(32)28(23)27)19-10-12-21(30)13-11-19/h6-13,16-17,20,27,31H,14-15H2,1-5H3/t20-,27-/m0/s1. The molecule has 184 valence electrons. The van der Waals surface area contributed by atoms with Crippen molar-refractivity contribution in [3.05, 3.63) is 87.2 Å². The quantitative estimate of drug-likeness (QED) is 0.469. The van der Waals surface area contributed by atoms with Crippen molar-refractivity contribution >= 4 is 23.4 Å². The van der Waals surface area contributed by atoms with E-state index < -0.39 is 11.9 Å². The molecule has 1 N–H and O–H groups in total. The van der Waals surface area contributed by atoms with Gasteiger partial charge in [-0.3, -0.25) is 4.79 Å². The van der Waals surface area contributed by atoms with Gasteiger partial charge in [-0.2, -0.15) is 0 Å². The number of hydrogen-bond acceptors (Lipinski definition) is 5. The molecule has 5 nitrogen and oxygen atoms in total. The number of halogens is 1. The Kier molecular flexibility index (Phi) is 7.36. The van der Waals surface area contributed by atoms with Crippen LogP contribution in [0.25, 0.3) is 0 Å². The van der Waals surface area contributed by atoms with Crippen molar-refractivity contribution in [3.8, 4) is 5.75 Å². The number of Topliss-reactive ketones (excluding diaryl/α,β-unsaturated/α-hetero) is 1. The number of dihydropyridines is 1. The summed E-state index contributed by atoms with van der Waals surface area (Å²) in [5.74, 6) is -0.271. The van der Waals surface area contributed by atoms with E-state index in [-0.39, 0.29) is 23.9 Å². The van der Waals surface area contributed by atoms with Crippen molar-refractivity contribution in [2.45, 2.75) is 71.5 Å². The van der Waals surface area contributed by atoms with E-state index in [1.807, 2.05) is 83.1 Å². The fourth-order valence-electron chi connectivity index (χ4n) is 4.95. The number of carbonyl (C=O) groups is 2. The minimum atomic E-state index is -0.564. The van der Waals surface area contributed by atoms with E-state index in [0.717, 1.165) is 16.8 Å². The molecular weight excluding hydrogens is 462 g/mol. The van der Waals surface area contributed by atoms with E-state index in [9.17, 15) is 9.59 Å². The normalized spacial score (nSPS) is 20.2. The summed E-state index contributed by atoms with van der Waals surface area (Å²) in [4.78, 5) is 27.1. The van der Waals surface area contributed by atoms with E-state index in [0.29, 0.717) is 40.5 Å². The Bertz CT molecular complexity index is 1190. The van der Waals surface area contributed by atoms with Gasteiger partial charge in [-0.05, 0) is 70.7 Å². The number of para-hydroxylation sites is 1. The molecule has 6 heteroatoms. The number of ether oxygens (including phenoxy) is 2. The number of benzene rings is 2. The summed E-state index contributed by atoms with van der Waals surface area (Å²) in [5.41, 5.74) is 4.49. The highest BCUT2D eigenvalue weighted by molar-refractivity contribution is 6.30. The van der Waals surface area contributed by atoms with Crippen LogP contribution in [0.2, 0.25) is 5.02 Å². The Balaban J connectivity index is 1.83. The van der Waals surface area contributed by atoms with Crippen molar-refractivity contribution < 1.29 is 19.1 Å². The van der Waals surface area contributed by atoms with Gasteiger partial charge >= 0.3 is 5.97 Å². The molecule has 2 aliphatic rings. The van der Waals surface area contributed by atoms with Gasteiger partial charge in [0.15, 0.2) is 5.78 Å². The van der Waals surface area contributed by atoms with Gasteiger partial charge < -0.3 is 14.8 Å². The van der Waals surface area contributed by atoms with Crippen LogP contribution >= 0.6 is 11.6 Å². The van der Waals surface area contributed by atoms with Crippen LogP contribution in [0.1, 0.15) is 70.4 Å². The van der Waals surface area contributed by atoms with Crippen LogP contribution in [-0.4, -0.2) is 24.0 Å². The predicted octanol–water partition coefficient (Wildman–Crippen LogP) is 6.44. The van der Waals surface area contributed by atoms with Crippen LogP contribution in [0.5, 0.6) is 5.75 Å². The van der Waals surface area contributed by atoms with E-state index in [1.165, 1.54) is 0 Å². The molecule has 0 spiro atoms. The van der Waals surface area contributed by atoms with E-state index in [4.69, 9.17) is 21.1 Å². The van der Waals surface area contributed by atoms with Gasteiger partial charge in [0.25, 0.3) is 0 Å². The van der Waals surface area contributed by atoms with Gasteiger partial charge in [0.1, 0.15) is 5.75 Å². The van der Waals surface area contributed by atoms with Crippen molar-refractivity contribution in [1.82, 2.24) is 5.32 Å². The van der Waals surface area contributed by atoms with Crippen LogP contribution < -0.4 is 10.1 Å². The van der Waals surface area contributed by atoms with Crippen LogP contribution in [0.15, 0.2) is 71.1 Å². The number of hydrogen-bond donors (Lipinski definition) is 1. The summed E-state index contributed by atoms with van der Waals surface area (Å²) in [7, 11) is 0. The van der Waals surface area contributed by atoms with Crippen LogP contribution in [0, 0.1) is 0 Å². The molecule has 0 bridgehead atoms. The summed E-state index contributed by atoms with van der Waals surface area (Å²) in [6.45, 7) is 9.43.